The Balaban J connectivity index is 1.09. The number of rotatable bonds is 3. The van der Waals surface area contributed by atoms with E-state index in [1.54, 1.807) is 0 Å². The van der Waals surface area contributed by atoms with Gasteiger partial charge in [0.05, 0.1) is 0 Å². The van der Waals surface area contributed by atoms with Gasteiger partial charge in [0.15, 0.2) is 0 Å². The van der Waals surface area contributed by atoms with Crippen molar-refractivity contribution in [2.75, 3.05) is 0 Å². The summed E-state index contributed by atoms with van der Waals surface area (Å²) in [6, 6.07) is 67.8. The van der Waals surface area contributed by atoms with Gasteiger partial charge in [-0.05, 0) is 94.7 Å². The molecule has 0 saturated carbocycles. The van der Waals surface area contributed by atoms with Crippen molar-refractivity contribution < 1.29 is 0 Å². The molecule has 54 heavy (non-hydrogen) atoms. The van der Waals surface area contributed by atoms with Crippen molar-refractivity contribution in [3.05, 3.63) is 182 Å². The molecule has 0 aliphatic heterocycles. The predicted octanol–water partition coefficient (Wildman–Crippen LogP) is 16.0. The SMILES string of the molecule is c1ccc2c(-c3c4ccccc4c(-c4ccc(-c5ccc6c(c5)sc5ccc7c8ccccc8sc7c56)c5ccccc45)c4ccccc34)cccc2c1. The topological polar surface area (TPSA) is 0 Å². The van der Waals surface area contributed by atoms with Crippen molar-refractivity contribution in [1.29, 1.82) is 0 Å². The van der Waals surface area contributed by atoms with Crippen molar-refractivity contribution in [2.45, 2.75) is 0 Å². The average Bonchev–Trinajstić information content (AvgIpc) is 3.80. The Bertz CT molecular complexity index is 3440. The maximum absolute atomic E-state index is 2.42. The minimum atomic E-state index is 1.26. The van der Waals surface area contributed by atoms with Gasteiger partial charge >= 0.3 is 0 Å². The summed E-state index contributed by atoms with van der Waals surface area (Å²) in [5.74, 6) is 0. The van der Waals surface area contributed by atoms with Crippen molar-refractivity contribution in [2.24, 2.45) is 0 Å². The molecule has 0 aliphatic rings. The van der Waals surface area contributed by atoms with Crippen LogP contribution in [0.25, 0.3) is 117 Å². The molecule has 2 heterocycles. The molecule has 12 aromatic rings. The first kappa shape index (κ1) is 30.2. The van der Waals surface area contributed by atoms with Crippen molar-refractivity contribution in [3.63, 3.8) is 0 Å². The summed E-state index contributed by atoms with van der Waals surface area (Å²) in [6.45, 7) is 0. The number of thiophene rings is 2. The molecule has 0 spiro atoms. The fourth-order valence-electron chi connectivity index (χ4n) is 9.13. The van der Waals surface area contributed by atoms with Gasteiger partial charge in [-0.1, -0.05) is 164 Å². The fourth-order valence-corrected chi connectivity index (χ4v) is 11.6. The quantitative estimate of drug-likeness (QED) is 0.160. The number of fused-ring (bicyclic) bond motifs is 11. The lowest BCUT2D eigenvalue weighted by Crippen LogP contribution is -1.93. The van der Waals surface area contributed by atoms with Crippen LogP contribution in [0, 0.1) is 0 Å². The van der Waals surface area contributed by atoms with E-state index in [2.05, 4.69) is 182 Å². The third-order valence-corrected chi connectivity index (χ3v) is 13.8. The third-order valence-electron chi connectivity index (χ3n) is 11.5. The molecule has 0 fully saturated rings. The van der Waals surface area contributed by atoms with Crippen LogP contribution in [0.3, 0.4) is 0 Å². The van der Waals surface area contributed by atoms with E-state index in [1.807, 2.05) is 22.7 Å². The second-order valence-corrected chi connectivity index (χ2v) is 16.4. The van der Waals surface area contributed by atoms with Crippen molar-refractivity contribution in [1.82, 2.24) is 0 Å². The number of hydrogen-bond acceptors (Lipinski definition) is 2. The van der Waals surface area contributed by atoms with Gasteiger partial charge in [0.2, 0.25) is 0 Å². The van der Waals surface area contributed by atoms with Gasteiger partial charge in [0, 0.05) is 40.3 Å². The molecule has 0 saturated heterocycles. The molecular formula is C52H30S2. The summed E-state index contributed by atoms with van der Waals surface area (Å²) in [4.78, 5) is 0. The zero-order valence-corrected chi connectivity index (χ0v) is 30.8. The summed E-state index contributed by atoms with van der Waals surface area (Å²) in [6.07, 6.45) is 0. The highest BCUT2D eigenvalue weighted by Gasteiger charge is 2.20. The van der Waals surface area contributed by atoms with Gasteiger partial charge in [-0.15, -0.1) is 22.7 Å². The molecule has 2 aromatic heterocycles. The molecule has 0 atom stereocenters. The van der Waals surface area contributed by atoms with E-state index in [-0.39, 0.29) is 0 Å². The van der Waals surface area contributed by atoms with Crippen LogP contribution in [-0.4, -0.2) is 0 Å². The molecule has 250 valence electrons. The first-order valence-electron chi connectivity index (χ1n) is 18.5. The summed E-state index contributed by atoms with van der Waals surface area (Å²) < 4.78 is 5.44. The Morgan fingerprint density at radius 2 is 0.815 bits per heavy atom. The highest BCUT2D eigenvalue weighted by Crippen LogP contribution is 2.49. The standard InChI is InChI=1S/C52H30S2/c1-2-14-33-31(12-1)13-11-22-38(33)49-39-18-5-7-20-41(39)50(42-21-8-6-19-40(42)49)43-27-26-34(35-15-3-4-16-36(35)43)32-24-25-45-48(30-32)53-47-29-28-44-37-17-9-10-23-46(37)54-52(44)51(45)47/h1-30H. The van der Waals surface area contributed by atoms with E-state index >= 15 is 0 Å². The Morgan fingerprint density at radius 3 is 1.54 bits per heavy atom. The molecule has 0 nitrogen and oxygen atoms in total. The van der Waals surface area contributed by atoms with E-state index in [1.165, 1.54) is 117 Å². The lowest BCUT2D eigenvalue weighted by molar-refractivity contribution is 1.67. The lowest BCUT2D eigenvalue weighted by atomic mass is 9.83. The molecule has 0 N–H and O–H groups in total. The van der Waals surface area contributed by atoms with Gasteiger partial charge in [0.25, 0.3) is 0 Å². The van der Waals surface area contributed by atoms with Crippen LogP contribution in [0.1, 0.15) is 0 Å². The maximum atomic E-state index is 2.42. The number of benzene rings is 10. The second-order valence-electron chi connectivity index (χ2n) is 14.3. The van der Waals surface area contributed by atoms with Crippen LogP contribution in [0.2, 0.25) is 0 Å². The molecule has 10 aromatic carbocycles. The molecular weight excluding hydrogens is 689 g/mol. The van der Waals surface area contributed by atoms with Crippen molar-refractivity contribution in [3.8, 4) is 33.4 Å². The largest absolute Gasteiger partial charge is 0.135 e. The van der Waals surface area contributed by atoms with Crippen LogP contribution >= 0.6 is 22.7 Å². The monoisotopic (exact) mass is 718 g/mol. The van der Waals surface area contributed by atoms with Crippen LogP contribution in [0.15, 0.2) is 182 Å². The van der Waals surface area contributed by atoms with Gasteiger partial charge in [-0.3, -0.25) is 0 Å². The highest BCUT2D eigenvalue weighted by molar-refractivity contribution is 7.29. The van der Waals surface area contributed by atoms with Crippen LogP contribution in [-0.2, 0) is 0 Å². The van der Waals surface area contributed by atoms with Gasteiger partial charge in [-0.25, -0.2) is 0 Å². The van der Waals surface area contributed by atoms with Gasteiger partial charge in [-0.2, -0.15) is 0 Å². The van der Waals surface area contributed by atoms with E-state index in [4.69, 9.17) is 0 Å². The smallest absolute Gasteiger partial charge is 0.0448 e. The van der Waals surface area contributed by atoms with Crippen LogP contribution in [0.5, 0.6) is 0 Å². The first-order valence-corrected chi connectivity index (χ1v) is 20.1. The Kier molecular flexibility index (Phi) is 6.48. The van der Waals surface area contributed by atoms with Crippen molar-refractivity contribution >= 4 is 106 Å². The highest BCUT2D eigenvalue weighted by atomic mass is 32.1. The Morgan fingerprint density at radius 1 is 0.278 bits per heavy atom. The number of hydrogen-bond donors (Lipinski definition) is 0. The third kappa shape index (κ3) is 4.30. The minimum absolute atomic E-state index is 1.26. The second kappa shape index (κ2) is 11.6. The molecule has 0 amide bonds. The van der Waals surface area contributed by atoms with E-state index in [0.717, 1.165) is 0 Å². The van der Waals surface area contributed by atoms with Crippen LogP contribution < -0.4 is 0 Å². The molecule has 2 heteroatoms. The van der Waals surface area contributed by atoms with E-state index in [9.17, 15) is 0 Å². The summed E-state index contributed by atoms with van der Waals surface area (Å²) in [7, 11) is 0. The molecule has 0 unspecified atom stereocenters. The fraction of sp³-hybridized carbons (Fsp3) is 0. The maximum Gasteiger partial charge on any atom is 0.0448 e. The first-order chi connectivity index (χ1) is 26.8. The summed E-state index contributed by atoms with van der Waals surface area (Å²) in [5, 5.41) is 15.6. The zero-order valence-electron chi connectivity index (χ0n) is 29.1. The zero-order chi connectivity index (χ0) is 35.3. The van der Waals surface area contributed by atoms with E-state index in [0.29, 0.717) is 0 Å². The molecule has 0 aliphatic carbocycles. The lowest BCUT2D eigenvalue weighted by Gasteiger charge is -2.20. The van der Waals surface area contributed by atoms with E-state index < -0.39 is 0 Å². The predicted molar refractivity (Wildman–Crippen MR) is 239 cm³/mol. The normalized spacial score (nSPS) is 12.1. The van der Waals surface area contributed by atoms with Gasteiger partial charge in [0.1, 0.15) is 0 Å². The molecule has 0 radical (unpaired) electrons. The summed E-state index contributed by atoms with van der Waals surface area (Å²) in [5.41, 5.74) is 7.65. The van der Waals surface area contributed by atoms with Gasteiger partial charge < -0.3 is 0 Å². The molecule has 0 bridgehead atoms. The summed E-state index contributed by atoms with van der Waals surface area (Å²) >= 11 is 3.83. The van der Waals surface area contributed by atoms with Crippen LogP contribution in [0.4, 0.5) is 0 Å². The molecule has 12 rings (SSSR count). The Hall–Kier alpha value is -6.32. The average molecular weight is 719 g/mol. The Labute approximate surface area is 319 Å². The minimum Gasteiger partial charge on any atom is -0.135 e.